The molecule has 7 nitrogen and oxygen atoms in total. The van der Waals surface area contributed by atoms with Gasteiger partial charge in [0, 0.05) is 7.05 Å². The molecule has 2 rings (SSSR count). The Morgan fingerprint density at radius 3 is 2.78 bits per heavy atom. The van der Waals surface area contributed by atoms with Crippen LogP contribution in [-0.4, -0.2) is 37.3 Å². The third-order valence-corrected chi connectivity index (χ3v) is 3.07. The highest BCUT2D eigenvalue weighted by atomic mass is 19.1. The van der Waals surface area contributed by atoms with E-state index in [2.05, 4.69) is 10.9 Å². The zero-order valence-corrected chi connectivity index (χ0v) is 13.5. The fraction of sp³-hybridized carbons (Fsp3) is 0.467. The van der Waals surface area contributed by atoms with Crippen LogP contribution in [0.4, 0.5) is 14.9 Å². The number of hydrazine groups is 1. The lowest BCUT2D eigenvalue weighted by atomic mass is 10.2. The number of hydrogen-bond donors (Lipinski definition) is 2. The fourth-order valence-corrected chi connectivity index (χ4v) is 2.08. The third kappa shape index (κ3) is 4.10. The zero-order valence-electron chi connectivity index (χ0n) is 13.5. The van der Waals surface area contributed by atoms with Crippen LogP contribution in [0, 0.1) is 5.82 Å². The van der Waals surface area contributed by atoms with Gasteiger partial charge in [0.15, 0.2) is 5.82 Å². The number of ether oxygens (including phenoxy) is 2. The van der Waals surface area contributed by atoms with Crippen LogP contribution in [0.1, 0.15) is 20.8 Å². The number of rotatable bonds is 2. The normalized spacial score (nSPS) is 17.9. The highest BCUT2D eigenvalue weighted by molar-refractivity contribution is 5.99. The molecule has 0 saturated carbocycles. The molecule has 1 aromatic rings. The van der Waals surface area contributed by atoms with Crippen molar-refractivity contribution in [2.75, 3.05) is 18.6 Å². The molecule has 126 valence electrons. The molecule has 2 N–H and O–H groups in total. The number of benzene rings is 1. The molecule has 0 aliphatic carbocycles. The summed E-state index contributed by atoms with van der Waals surface area (Å²) in [5.41, 5.74) is 4.26. The van der Waals surface area contributed by atoms with E-state index >= 15 is 0 Å². The van der Waals surface area contributed by atoms with Crippen molar-refractivity contribution in [2.45, 2.75) is 32.4 Å². The minimum Gasteiger partial charge on any atom is -0.489 e. The number of anilines is 1. The molecule has 1 aromatic carbocycles. The predicted octanol–water partition coefficient (Wildman–Crippen LogP) is 1.58. The Kier molecular flexibility index (Phi) is 4.74. The number of carbonyl (C=O) groups excluding carboxylic acids is 2. The fourth-order valence-electron chi connectivity index (χ4n) is 2.08. The van der Waals surface area contributed by atoms with Crippen molar-refractivity contribution in [3.8, 4) is 5.75 Å². The predicted molar refractivity (Wildman–Crippen MR) is 81.6 cm³/mol. The smallest absolute Gasteiger partial charge is 0.422 e. The Balaban J connectivity index is 2.05. The van der Waals surface area contributed by atoms with Crippen LogP contribution >= 0.6 is 0 Å². The molecule has 1 unspecified atom stereocenters. The molecule has 23 heavy (non-hydrogen) atoms. The SMILES string of the molecule is CN1C(=O)C(NNC(=O)OC(C)(C)C)COc2cccc(F)c21. The van der Waals surface area contributed by atoms with E-state index in [1.165, 1.54) is 19.2 Å². The van der Waals surface area contributed by atoms with E-state index in [0.717, 1.165) is 4.90 Å². The van der Waals surface area contributed by atoms with Crippen LogP contribution in [0.3, 0.4) is 0 Å². The molecule has 0 bridgehead atoms. The van der Waals surface area contributed by atoms with Crippen molar-refractivity contribution in [3.05, 3.63) is 24.0 Å². The summed E-state index contributed by atoms with van der Waals surface area (Å²) in [6.45, 7) is 5.11. The van der Waals surface area contributed by atoms with E-state index in [1.807, 2.05) is 0 Å². The number of nitrogens with one attached hydrogen (secondary N) is 2. The average molecular weight is 325 g/mol. The van der Waals surface area contributed by atoms with Gasteiger partial charge in [-0.3, -0.25) is 10.2 Å². The van der Waals surface area contributed by atoms with Gasteiger partial charge in [0.05, 0.1) is 0 Å². The lowest BCUT2D eigenvalue weighted by Gasteiger charge is -2.23. The van der Waals surface area contributed by atoms with Gasteiger partial charge in [-0.25, -0.2) is 14.6 Å². The Morgan fingerprint density at radius 1 is 1.43 bits per heavy atom. The highest BCUT2D eigenvalue weighted by Gasteiger charge is 2.31. The summed E-state index contributed by atoms with van der Waals surface area (Å²) in [6, 6.07) is 3.45. The second-order valence-electron chi connectivity index (χ2n) is 6.12. The summed E-state index contributed by atoms with van der Waals surface area (Å²) >= 11 is 0. The largest absolute Gasteiger partial charge is 0.489 e. The summed E-state index contributed by atoms with van der Waals surface area (Å²) in [5, 5.41) is 0. The summed E-state index contributed by atoms with van der Waals surface area (Å²) < 4.78 is 24.4. The number of fused-ring (bicyclic) bond motifs is 1. The van der Waals surface area contributed by atoms with Gasteiger partial charge in [0.1, 0.15) is 29.7 Å². The molecule has 8 heteroatoms. The van der Waals surface area contributed by atoms with Gasteiger partial charge in [-0.05, 0) is 32.9 Å². The van der Waals surface area contributed by atoms with Crippen LogP contribution in [0.5, 0.6) is 5.75 Å². The monoisotopic (exact) mass is 325 g/mol. The van der Waals surface area contributed by atoms with Crippen molar-refractivity contribution >= 4 is 17.7 Å². The van der Waals surface area contributed by atoms with Crippen LogP contribution < -0.4 is 20.5 Å². The van der Waals surface area contributed by atoms with E-state index in [9.17, 15) is 14.0 Å². The third-order valence-electron chi connectivity index (χ3n) is 3.07. The van der Waals surface area contributed by atoms with Gasteiger partial charge in [-0.2, -0.15) is 0 Å². The van der Waals surface area contributed by atoms with Crippen LogP contribution in [0.25, 0.3) is 0 Å². The highest BCUT2D eigenvalue weighted by Crippen LogP contribution is 2.32. The van der Waals surface area contributed by atoms with Gasteiger partial charge >= 0.3 is 6.09 Å². The molecule has 0 radical (unpaired) electrons. The molecule has 1 atom stereocenters. The molecule has 0 fully saturated rings. The van der Waals surface area contributed by atoms with Crippen molar-refractivity contribution in [2.24, 2.45) is 0 Å². The summed E-state index contributed by atoms with van der Waals surface area (Å²) in [7, 11) is 1.45. The molecule has 0 spiro atoms. The second-order valence-corrected chi connectivity index (χ2v) is 6.12. The van der Waals surface area contributed by atoms with E-state index in [1.54, 1.807) is 26.8 Å². The van der Waals surface area contributed by atoms with Crippen molar-refractivity contribution in [1.29, 1.82) is 0 Å². The molecule has 1 aliphatic rings. The van der Waals surface area contributed by atoms with Gasteiger partial charge in [-0.15, -0.1) is 0 Å². The van der Waals surface area contributed by atoms with Crippen LogP contribution in [0.2, 0.25) is 0 Å². The number of halogens is 1. The number of likely N-dealkylation sites (N-methyl/N-ethyl adjacent to an activating group) is 1. The lowest BCUT2D eigenvalue weighted by Crippen LogP contribution is -2.54. The number of hydrogen-bond acceptors (Lipinski definition) is 5. The second kappa shape index (κ2) is 6.41. The van der Waals surface area contributed by atoms with Crippen molar-refractivity contribution in [3.63, 3.8) is 0 Å². The standard InChI is InChI=1S/C15H20FN3O4/c1-15(2,3)23-14(21)18-17-10-8-22-11-7-5-6-9(16)12(11)19(4)13(10)20/h5-7,10,17H,8H2,1-4H3,(H,18,21). The maximum atomic E-state index is 13.9. The maximum absolute atomic E-state index is 13.9. The molecule has 1 heterocycles. The molecular formula is C15H20FN3O4. The number of para-hydroxylation sites is 1. The lowest BCUT2D eigenvalue weighted by molar-refractivity contribution is -0.120. The zero-order chi connectivity index (χ0) is 17.2. The van der Waals surface area contributed by atoms with Gasteiger partial charge in [0.2, 0.25) is 5.91 Å². The Bertz CT molecular complexity index is 615. The summed E-state index contributed by atoms with van der Waals surface area (Å²) in [6.07, 6.45) is -0.721. The summed E-state index contributed by atoms with van der Waals surface area (Å²) in [4.78, 5) is 25.2. The molecule has 2 amide bonds. The van der Waals surface area contributed by atoms with Gasteiger partial charge in [-0.1, -0.05) is 6.07 Å². The molecule has 0 aromatic heterocycles. The van der Waals surface area contributed by atoms with Gasteiger partial charge < -0.3 is 14.4 Å². The van der Waals surface area contributed by atoms with E-state index in [4.69, 9.17) is 9.47 Å². The van der Waals surface area contributed by atoms with E-state index < -0.39 is 29.5 Å². The molecule has 0 saturated heterocycles. The van der Waals surface area contributed by atoms with Gasteiger partial charge in [0.25, 0.3) is 0 Å². The van der Waals surface area contributed by atoms with Crippen LogP contribution in [-0.2, 0) is 9.53 Å². The Morgan fingerprint density at radius 2 is 2.13 bits per heavy atom. The maximum Gasteiger partial charge on any atom is 0.422 e. The van der Waals surface area contributed by atoms with Crippen molar-refractivity contribution < 1.29 is 23.5 Å². The average Bonchev–Trinajstić information content (AvgIpc) is 2.55. The first kappa shape index (κ1) is 17.0. The molecular weight excluding hydrogens is 305 g/mol. The first-order chi connectivity index (χ1) is 10.7. The minimum atomic E-state index is -0.876. The minimum absolute atomic E-state index is 0.0601. The van der Waals surface area contributed by atoms with Crippen molar-refractivity contribution in [1.82, 2.24) is 10.9 Å². The number of nitrogens with zero attached hydrogens (tertiary/aromatic N) is 1. The molecule has 1 aliphatic heterocycles. The summed E-state index contributed by atoms with van der Waals surface area (Å²) in [5.74, 6) is -0.730. The first-order valence-electron chi connectivity index (χ1n) is 7.12. The van der Waals surface area contributed by atoms with E-state index in [-0.39, 0.29) is 18.0 Å². The number of amides is 2. The topological polar surface area (TPSA) is 79.9 Å². The Hall–Kier alpha value is -2.35. The first-order valence-corrected chi connectivity index (χ1v) is 7.12. The quantitative estimate of drug-likeness (QED) is 0.807. The number of carbonyl (C=O) groups is 2. The Labute approximate surface area is 133 Å². The van der Waals surface area contributed by atoms with Crippen LogP contribution in [0.15, 0.2) is 18.2 Å². The van der Waals surface area contributed by atoms with E-state index in [0.29, 0.717) is 0 Å².